The molecule has 2 rings (SSSR count). The van der Waals surface area contributed by atoms with Crippen LogP contribution in [0.15, 0.2) is 24.3 Å². The van der Waals surface area contributed by atoms with Crippen molar-refractivity contribution in [2.45, 2.75) is 44.9 Å². The lowest BCUT2D eigenvalue weighted by atomic mass is 9.88. The van der Waals surface area contributed by atoms with Gasteiger partial charge in [-0.3, -0.25) is 4.79 Å². The molecule has 0 bridgehead atoms. The van der Waals surface area contributed by atoms with Crippen molar-refractivity contribution in [3.8, 4) is 0 Å². The molecule has 1 aliphatic carbocycles. The summed E-state index contributed by atoms with van der Waals surface area (Å²) < 4.78 is 0. The van der Waals surface area contributed by atoms with Crippen LogP contribution in [0.2, 0.25) is 0 Å². The molecule has 0 radical (unpaired) electrons. The second kappa shape index (κ2) is 7.44. The summed E-state index contributed by atoms with van der Waals surface area (Å²) in [7, 11) is 1.95. The Balaban J connectivity index is 2.12. The van der Waals surface area contributed by atoms with Crippen molar-refractivity contribution >= 4 is 5.78 Å². The first-order valence-electron chi connectivity index (χ1n) is 7.59. The van der Waals surface area contributed by atoms with Gasteiger partial charge in [0.15, 0.2) is 5.78 Å². The van der Waals surface area contributed by atoms with Crippen molar-refractivity contribution in [2.75, 3.05) is 13.6 Å². The van der Waals surface area contributed by atoms with Gasteiger partial charge in [0.2, 0.25) is 0 Å². The maximum Gasteiger partial charge on any atom is 0.166 e. The minimum Gasteiger partial charge on any atom is -0.319 e. The number of hydrogen-bond donors (Lipinski definition) is 1. The SMILES string of the molecule is CNCCc1ccccc1C(=O)C1CCCCCC1. The Kier molecular flexibility index (Phi) is 5.59. The molecule has 19 heavy (non-hydrogen) atoms. The second-order valence-electron chi connectivity index (χ2n) is 5.56. The summed E-state index contributed by atoms with van der Waals surface area (Å²) in [5, 5.41) is 3.16. The third-order valence-electron chi connectivity index (χ3n) is 4.15. The highest BCUT2D eigenvalue weighted by molar-refractivity contribution is 5.99. The summed E-state index contributed by atoms with van der Waals surface area (Å²) in [4.78, 5) is 12.7. The second-order valence-corrected chi connectivity index (χ2v) is 5.56. The number of carbonyl (C=O) groups excluding carboxylic acids is 1. The van der Waals surface area contributed by atoms with Gasteiger partial charge >= 0.3 is 0 Å². The maximum absolute atomic E-state index is 12.7. The number of Topliss-reactive ketones (excluding diaryl/α,β-unsaturated/α-hetero) is 1. The number of hydrogen-bond acceptors (Lipinski definition) is 2. The van der Waals surface area contributed by atoms with Gasteiger partial charge in [-0.1, -0.05) is 49.9 Å². The molecule has 0 aromatic heterocycles. The zero-order valence-electron chi connectivity index (χ0n) is 12.0. The highest BCUT2D eigenvalue weighted by atomic mass is 16.1. The maximum atomic E-state index is 12.7. The summed E-state index contributed by atoms with van der Waals surface area (Å²) in [5.41, 5.74) is 2.16. The van der Waals surface area contributed by atoms with E-state index in [2.05, 4.69) is 11.4 Å². The third-order valence-corrected chi connectivity index (χ3v) is 4.15. The molecule has 0 saturated heterocycles. The van der Waals surface area contributed by atoms with Crippen molar-refractivity contribution in [3.05, 3.63) is 35.4 Å². The molecule has 1 N–H and O–H groups in total. The molecule has 1 fully saturated rings. The Morgan fingerprint density at radius 1 is 1.16 bits per heavy atom. The van der Waals surface area contributed by atoms with Crippen molar-refractivity contribution < 1.29 is 4.79 Å². The van der Waals surface area contributed by atoms with Gasteiger partial charge < -0.3 is 5.32 Å². The largest absolute Gasteiger partial charge is 0.319 e. The normalized spacial score (nSPS) is 17.1. The molecule has 1 aromatic carbocycles. The Labute approximate surface area is 116 Å². The van der Waals surface area contributed by atoms with Crippen LogP contribution in [0.5, 0.6) is 0 Å². The van der Waals surface area contributed by atoms with E-state index in [1.165, 1.54) is 31.2 Å². The molecule has 0 atom stereocenters. The van der Waals surface area contributed by atoms with Gasteiger partial charge in [-0.25, -0.2) is 0 Å². The smallest absolute Gasteiger partial charge is 0.166 e. The number of ketones is 1. The summed E-state index contributed by atoms with van der Waals surface area (Å²) in [6.45, 7) is 0.926. The molecule has 2 nitrogen and oxygen atoms in total. The van der Waals surface area contributed by atoms with E-state index < -0.39 is 0 Å². The first-order chi connectivity index (χ1) is 9.33. The minimum absolute atomic E-state index is 0.262. The fourth-order valence-corrected chi connectivity index (χ4v) is 3.00. The first-order valence-corrected chi connectivity index (χ1v) is 7.59. The predicted molar refractivity (Wildman–Crippen MR) is 79.6 cm³/mol. The monoisotopic (exact) mass is 259 g/mol. The molecule has 104 valence electrons. The van der Waals surface area contributed by atoms with Crippen LogP contribution in [-0.2, 0) is 6.42 Å². The topological polar surface area (TPSA) is 29.1 Å². The minimum atomic E-state index is 0.262. The van der Waals surface area contributed by atoms with E-state index in [0.717, 1.165) is 31.4 Å². The van der Waals surface area contributed by atoms with E-state index in [9.17, 15) is 4.79 Å². The van der Waals surface area contributed by atoms with E-state index in [1.807, 2.05) is 25.2 Å². The van der Waals surface area contributed by atoms with Crippen LogP contribution in [0.4, 0.5) is 0 Å². The Bertz CT molecular complexity index is 405. The molecule has 1 aliphatic rings. The van der Waals surface area contributed by atoms with Crippen LogP contribution in [0, 0.1) is 5.92 Å². The van der Waals surface area contributed by atoms with Crippen LogP contribution in [0.1, 0.15) is 54.4 Å². The Morgan fingerprint density at radius 3 is 2.53 bits per heavy atom. The zero-order valence-corrected chi connectivity index (χ0v) is 12.0. The molecule has 0 heterocycles. The number of benzene rings is 1. The van der Waals surface area contributed by atoms with Crippen molar-refractivity contribution in [2.24, 2.45) is 5.92 Å². The number of nitrogens with one attached hydrogen (secondary N) is 1. The average Bonchev–Trinajstić information content (AvgIpc) is 2.73. The fraction of sp³-hybridized carbons (Fsp3) is 0.588. The zero-order chi connectivity index (χ0) is 13.5. The number of carbonyl (C=O) groups is 1. The van der Waals surface area contributed by atoms with E-state index in [-0.39, 0.29) is 5.92 Å². The average molecular weight is 259 g/mol. The summed E-state index contributed by atoms with van der Waals surface area (Å²) in [6.07, 6.45) is 8.13. The first kappa shape index (κ1) is 14.3. The molecular formula is C17H25NO. The molecule has 2 heteroatoms. The van der Waals surface area contributed by atoms with E-state index in [0.29, 0.717) is 5.78 Å². The summed E-state index contributed by atoms with van der Waals surface area (Å²) in [6, 6.07) is 8.14. The van der Waals surface area contributed by atoms with Crippen molar-refractivity contribution in [1.29, 1.82) is 0 Å². The fourth-order valence-electron chi connectivity index (χ4n) is 3.00. The van der Waals surface area contributed by atoms with E-state index >= 15 is 0 Å². The van der Waals surface area contributed by atoms with Gasteiger partial charge in [0.25, 0.3) is 0 Å². The van der Waals surface area contributed by atoms with Crippen molar-refractivity contribution in [1.82, 2.24) is 5.32 Å². The van der Waals surface area contributed by atoms with E-state index in [1.54, 1.807) is 0 Å². The molecule has 1 saturated carbocycles. The molecule has 0 amide bonds. The van der Waals surface area contributed by atoms with Gasteiger partial charge in [0.1, 0.15) is 0 Å². The van der Waals surface area contributed by atoms with Gasteiger partial charge in [0, 0.05) is 11.5 Å². The summed E-state index contributed by atoms with van der Waals surface area (Å²) >= 11 is 0. The predicted octanol–water partition coefficient (Wildman–Crippen LogP) is 3.60. The van der Waals surface area contributed by atoms with Crippen LogP contribution in [0.3, 0.4) is 0 Å². The molecule has 1 aromatic rings. The van der Waals surface area contributed by atoms with Crippen LogP contribution in [-0.4, -0.2) is 19.4 Å². The Morgan fingerprint density at radius 2 is 1.84 bits per heavy atom. The molecule has 0 spiro atoms. The Hall–Kier alpha value is -1.15. The van der Waals surface area contributed by atoms with Gasteiger partial charge in [-0.05, 0) is 38.4 Å². The lowest BCUT2D eigenvalue weighted by Crippen LogP contribution is -2.18. The van der Waals surface area contributed by atoms with Crippen LogP contribution >= 0.6 is 0 Å². The quantitative estimate of drug-likeness (QED) is 0.646. The molecular weight excluding hydrogens is 234 g/mol. The highest BCUT2D eigenvalue weighted by Crippen LogP contribution is 2.27. The number of likely N-dealkylation sites (N-methyl/N-ethyl adjacent to an activating group) is 1. The van der Waals surface area contributed by atoms with Crippen LogP contribution < -0.4 is 5.32 Å². The third kappa shape index (κ3) is 3.90. The molecule has 0 unspecified atom stereocenters. The lowest BCUT2D eigenvalue weighted by Gasteiger charge is -2.15. The van der Waals surface area contributed by atoms with Gasteiger partial charge in [0.05, 0.1) is 0 Å². The van der Waals surface area contributed by atoms with Gasteiger partial charge in [-0.15, -0.1) is 0 Å². The van der Waals surface area contributed by atoms with E-state index in [4.69, 9.17) is 0 Å². The van der Waals surface area contributed by atoms with Gasteiger partial charge in [-0.2, -0.15) is 0 Å². The number of rotatable bonds is 5. The molecule has 0 aliphatic heterocycles. The van der Waals surface area contributed by atoms with Crippen molar-refractivity contribution in [3.63, 3.8) is 0 Å². The summed E-state index contributed by atoms with van der Waals surface area (Å²) in [5.74, 6) is 0.645. The van der Waals surface area contributed by atoms with Crippen LogP contribution in [0.25, 0.3) is 0 Å². The standard InChI is InChI=1S/C17H25NO/c1-18-13-12-14-8-6-7-11-16(14)17(19)15-9-4-2-3-5-10-15/h6-8,11,15,18H,2-5,9-10,12-13H2,1H3. The lowest BCUT2D eigenvalue weighted by molar-refractivity contribution is 0.0907. The highest BCUT2D eigenvalue weighted by Gasteiger charge is 2.22.